The summed E-state index contributed by atoms with van der Waals surface area (Å²) in [6.45, 7) is 2.09. The predicted octanol–water partition coefficient (Wildman–Crippen LogP) is 2.91. The summed E-state index contributed by atoms with van der Waals surface area (Å²) in [5.41, 5.74) is 3.23. The van der Waals surface area contributed by atoms with Gasteiger partial charge in [0.25, 0.3) is 0 Å². The quantitative estimate of drug-likeness (QED) is 0.854. The Kier molecular flexibility index (Phi) is 3.50. The Balaban J connectivity index is 1.88. The zero-order chi connectivity index (χ0) is 14.2. The van der Waals surface area contributed by atoms with E-state index in [1.54, 1.807) is 0 Å². The number of nitrogens with zero attached hydrogens (tertiary/aromatic N) is 1. The molecular formula is C16H19NO2S. The highest BCUT2D eigenvalue weighted by molar-refractivity contribution is 7.91. The summed E-state index contributed by atoms with van der Waals surface area (Å²) in [5.74, 6) is 0.899. The molecule has 0 bridgehead atoms. The second-order valence-electron chi connectivity index (χ2n) is 5.77. The van der Waals surface area contributed by atoms with Crippen LogP contribution in [-0.2, 0) is 16.3 Å². The topological polar surface area (TPSA) is 47.0 Å². The number of pyridine rings is 1. The highest BCUT2D eigenvalue weighted by Gasteiger charge is 2.25. The van der Waals surface area contributed by atoms with Crippen LogP contribution in [-0.4, -0.2) is 24.9 Å². The molecule has 3 nitrogen and oxygen atoms in total. The Morgan fingerprint density at radius 3 is 2.90 bits per heavy atom. The first kappa shape index (κ1) is 13.6. The van der Waals surface area contributed by atoms with Crippen LogP contribution < -0.4 is 0 Å². The SMILES string of the molecule is Cc1cc(CC2CCCS(=O)(=O)C2)nc2ccccc12. The monoisotopic (exact) mass is 289 g/mol. The molecule has 1 saturated heterocycles. The second kappa shape index (κ2) is 5.17. The third kappa shape index (κ3) is 2.85. The molecule has 0 radical (unpaired) electrons. The van der Waals surface area contributed by atoms with Crippen molar-refractivity contribution in [1.82, 2.24) is 4.98 Å². The van der Waals surface area contributed by atoms with Crippen molar-refractivity contribution >= 4 is 20.7 Å². The summed E-state index contributed by atoms with van der Waals surface area (Å²) < 4.78 is 23.4. The number of para-hydroxylation sites is 1. The number of hydrogen-bond acceptors (Lipinski definition) is 3. The molecule has 1 fully saturated rings. The fraction of sp³-hybridized carbons (Fsp3) is 0.438. The molecule has 0 N–H and O–H groups in total. The third-order valence-corrected chi connectivity index (χ3v) is 5.92. The zero-order valence-corrected chi connectivity index (χ0v) is 12.5. The van der Waals surface area contributed by atoms with Gasteiger partial charge >= 0.3 is 0 Å². The number of rotatable bonds is 2. The maximum absolute atomic E-state index is 11.7. The summed E-state index contributed by atoms with van der Waals surface area (Å²) in [6, 6.07) is 10.2. The van der Waals surface area contributed by atoms with Gasteiger partial charge in [-0.2, -0.15) is 0 Å². The lowest BCUT2D eigenvalue weighted by atomic mass is 9.98. The fourth-order valence-corrected chi connectivity index (χ4v) is 4.87. The van der Waals surface area contributed by atoms with Gasteiger partial charge in [-0.25, -0.2) is 8.42 Å². The lowest BCUT2D eigenvalue weighted by molar-refractivity contribution is 0.480. The fourth-order valence-electron chi connectivity index (χ4n) is 3.10. The van der Waals surface area contributed by atoms with E-state index in [0.717, 1.165) is 30.5 Å². The molecule has 1 atom stereocenters. The Morgan fingerprint density at radius 1 is 1.30 bits per heavy atom. The molecule has 1 aromatic carbocycles. The van der Waals surface area contributed by atoms with Crippen molar-refractivity contribution in [3.05, 3.63) is 41.6 Å². The van der Waals surface area contributed by atoms with E-state index in [0.29, 0.717) is 11.5 Å². The van der Waals surface area contributed by atoms with Crippen LogP contribution in [0.25, 0.3) is 10.9 Å². The highest BCUT2D eigenvalue weighted by atomic mass is 32.2. The molecule has 1 aromatic heterocycles. The standard InChI is InChI=1S/C16H19NO2S/c1-12-9-14(17-16-7-3-2-6-15(12)16)10-13-5-4-8-20(18,19)11-13/h2-3,6-7,9,13H,4-5,8,10-11H2,1H3. The minimum Gasteiger partial charge on any atom is -0.253 e. The van der Waals surface area contributed by atoms with E-state index < -0.39 is 9.84 Å². The molecule has 0 spiro atoms. The van der Waals surface area contributed by atoms with Crippen molar-refractivity contribution in [2.24, 2.45) is 5.92 Å². The van der Waals surface area contributed by atoms with Crippen LogP contribution in [0, 0.1) is 12.8 Å². The van der Waals surface area contributed by atoms with Crippen molar-refractivity contribution in [3.63, 3.8) is 0 Å². The normalized spacial score (nSPS) is 21.9. The van der Waals surface area contributed by atoms with E-state index in [4.69, 9.17) is 0 Å². The van der Waals surface area contributed by atoms with Gasteiger partial charge in [0.1, 0.15) is 0 Å². The minimum atomic E-state index is -2.83. The molecule has 1 aliphatic rings. The van der Waals surface area contributed by atoms with E-state index >= 15 is 0 Å². The van der Waals surface area contributed by atoms with E-state index in [2.05, 4.69) is 24.0 Å². The van der Waals surface area contributed by atoms with Crippen LogP contribution in [0.2, 0.25) is 0 Å². The van der Waals surface area contributed by atoms with Gasteiger partial charge in [-0.1, -0.05) is 18.2 Å². The summed E-state index contributed by atoms with van der Waals surface area (Å²) in [4.78, 5) is 4.68. The molecule has 2 aromatic rings. The first-order chi connectivity index (χ1) is 9.53. The third-order valence-electron chi connectivity index (χ3n) is 4.03. The average Bonchev–Trinajstić information content (AvgIpc) is 2.37. The molecular weight excluding hydrogens is 270 g/mol. The minimum absolute atomic E-state index is 0.224. The van der Waals surface area contributed by atoms with Gasteiger partial charge < -0.3 is 0 Å². The van der Waals surface area contributed by atoms with Crippen LogP contribution in [0.1, 0.15) is 24.1 Å². The van der Waals surface area contributed by atoms with Crippen LogP contribution in [0.5, 0.6) is 0 Å². The lowest BCUT2D eigenvalue weighted by Crippen LogP contribution is -2.26. The van der Waals surface area contributed by atoms with Gasteiger partial charge in [0.05, 0.1) is 17.0 Å². The average molecular weight is 289 g/mol. The Hall–Kier alpha value is -1.42. The van der Waals surface area contributed by atoms with Gasteiger partial charge in [-0.15, -0.1) is 0 Å². The van der Waals surface area contributed by atoms with Crippen LogP contribution in [0.4, 0.5) is 0 Å². The summed E-state index contributed by atoms with van der Waals surface area (Å²) >= 11 is 0. The van der Waals surface area contributed by atoms with Crippen molar-refractivity contribution in [1.29, 1.82) is 0 Å². The number of sulfone groups is 1. The smallest absolute Gasteiger partial charge is 0.150 e. The van der Waals surface area contributed by atoms with Gasteiger partial charge in [-0.3, -0.25) is 4.98 Å². The molecule has 1 aliphatic heterocycles. The molecule has 4 heteroatoms. The first-order valence-corrected chi connectivity index (χ1v) is 8.91. The van der Waals surface area contributed by atoms with Gasteiger partial charge in [0.2, 0.25) is 0 Å². The Labute approximate surface area is 120 Å². The molecule has 0 amide bonds. The summed E-state index contributed by atoms with van der Waals surface area (Å²) in [5, 5.41) is 1.17. The first-order valence-electron chi connectivity index (χ1n) is 7.09. The van der Waals surface area contributed by atoms with Crippen LogP contribution in [0.3, 0.4) is 0 Å². The van der Waals surface area contributed by atoms with Crippen molar-refractivity contribution in [2.75, 3.05) is 11.5 Å². The van der Waals surface area contributed by atoms with Crippen LogP contribution >= 0.6 is 0 Å². The number of hydrogen-bond donors (Lipinski definition) is 0. The Bertz CT molecular complexity index is 737. The molecule has 1 unspecified atom stereocenters. The number of aryl methyl sites for hydroxylation is 1. The van der Waals surface area contributed by atoms with E-state index in [1.165, 1.54) is 10.9 Å². The van der Waals surface area contributed by atoms with Crippen LogP contribution in [0.15, 0.2) is 30.3 Å². The lowest BCUT2D eigenvalue weighted by Gasteiger charge is -2.21. The number of benzene rings is 1. The molecule has 2 heterocycles. The van der Waals surface area contributed by atoms with Gasteiger partial charge in [-0.05, 0) is 49.8 Å². The largest absolute Gasteiger partial charge is 0.253 e. The second-order valence-corrected chi connectivity index (χ2v) is 8.00. The highest BCUT2D eigenvalue weighted by Crippen LogP contribution is 2.24. The predicted molar refractivity (Wildman–Crippen MR) is 81.6 cm³/mol. The van der Waals surface area contributed by atoms with Crippen molar-refractivity contribution < 1.29 is 8.42 Å². The molecule has 106 valence electrons. The summed E-state index contributed by atoms with van der Waals surface area (Å²) in [7, 11) is -2.83. The number of aromatic nitrogens is 1. The zero-order valence-electron chi connectivity index (χ0n) is 11.7. The molecule has 0 aliphatic carbocycles. The van der Waals surface area contributed by atoms with Crippen molar-refractivity contribution in [2.45, 2.75) is 26.2 Å². The van der Waals surface area contributed by atoms with Gasteiger partial charge in [0, 0.05) is 11.1 Å². The van der Waals surface area contributed by atoms with E-state index in [-0.39, 0.29) is 5.92 Å². The molecule has 20 heavy (non-hydrogen) atoms. The summed E-state index contributed by atoms with van der Waals surface area (Å²) in [6.07, 6.45) is 2.55. The van der Waals surface area contributed by atoms with E-state index in [1.807, 2.05) is 18.2 Å². The maximum atomic E-state index is 11.7. The maximum Gasteiger partial charge on any atom is 0.150 e. The molecule has 0 saturated carbocycles. The Morgan fingerprint density at radius 2 is 2.10 bits per heavy atom. The van der Waals surface area contributed by atoms with Gasteiger partial charge in [0.15, 0.2) is 9.84 Å². The number of fused-ring (bicyclic) bond motifs is 1. The molecule has 3 rings (SSSR count). The van der Waals surface area contributed by atoms with E-state index in [9.17, 15) is 8.42 Å². The van der Waals surface area contributed by atoms with Crippen molar-refractivity contribution in [3.8, 4) is 0 Å².